The number of thiazole rings is 1. The number of carbonyl (C=O) groups is 1. The summed E-state index contributed by atoms with van der Waals surface area (Å²) in [6.45, 7) is 0.396. The molecule has 0 fully saturated rings. The summed E-state index contributed by atoms with van der Waals surface area (Å²) in [6, 6.07) is 11.1. The number of amides is 1. The number of likely N-dealkylation sites (N-methyl/N-ethyl adjacent to an activating group) is 1. The standard InChI is InChI=1S/C24H20F4N6O2S/c1-34(9-10-35)20-11-19(29-13-30-20)31-15-7-5-14(6-8-15)22(36)33-23-32-18(12-37-23)16-3-2-4-17(21(16)25)24(26,27)28/h2-8,11-13,35H,9-10H2,1H3,(H,29,30,31)(H,32,33,36). The highest BCUT2D eigenvalue weighted by molar-refractivity contribution is 7.14. The van der Waals surface area contributed by atoms with Gasteiger partial charge >= 0.3 is 6.18 Å². The van der Waals surface area contributed by atoms with Crippen molar-refractivity contribution in [3.63, 3.8) is 0 Å². The second kappa shape index (κ2) is 10.9. The molecule has 2 aromatic carbocycles. The lowest BCUT2D eigenvalue weighted by Gasteiger charge is -2.17. The van der Waals surface area contributed by atoms with Crippen LogP contribution in [0.15, 0.2) is 60.2 Å². The molecule has 0 spiro atoms. The van der Waals surface area contributed by atoms with E-state index in [9.17, 15) is 22.4 Å². The highest BCUT2D eigenvalue weighted by atomic mass is 32.1. The van der Waals surface area contributed by atoms with E-state index in [4.69, 9.17) is 5.11 Å². The van der Waals surface area contributed by atoms with Gasteiger partial charge in [-0.3, -0.25) is 10.1 Å². The van der Waals surface area contributed by atoms with Gasteiger partial charge in [-0.15, -0.1) is 11.3 Å². The summed E-state index contributed by atoms with van der Waals surface area (Å²) >= 11 is 0.964. The van der Waals surface area contributed by atoms with E-state index in [2.05, 4.69) is 25.6 Å². The van der Waals surface area contributed by atoms with Crippen LogP contribution >= 0.6 is 11.3 Å². The number of halogens is 4. The predicted octanol–water partition coefficient (Wildman–Crippen LogP) is 5.18. The number of aliphatic hydroxyl groups is 1. The molecule has 3 N–H and O–H groups in total. The van der Waals surface area contributed by atoms with E-state index in [0.29, 0.717) is 35.5 Å². The first-order chi connectivity index (χ1) is 17.7. The maximum Gasteiger partial charge on any atom is 0.419 e. The Balaban J connectivity index is 1.42. The molecule has 1 amide bonds. The Bertz CT molecular complexity index is 1390. The predicted molar refractivity (Wildman–Crippen MR) is 133 cm³/mol. The van der Waals surface area contributed by atoms with Crippen LogP contribution in [0.3, 0.4) is 0 Å². The van der Waals surface area contributed by atoms with Crippen molar-refractivity contribution in [3.8, 4) is 11.3 Å². The molecule has 0 aliphatic rings. The van der Waals surface area contributed by atoms with Gasteiger partial charge in [-0.2, -0.15) is 13.2 Å². The molecule has 0 bridgehead atoms. The fourth-order valence-corrected chi connectivity index (χ4v) is 4.02. The fourth-order valence-electron chi connectivity index (χ4n) is 3.31. The zero-order valence-electron chi connectivity index (χ0n) is 19.3. The lowest BCUT2D eigenvalue weighted by Crippen LogP contribution is -2.22. The Kier molecular flexibility index (Phi) is 7.64. The number of carbonyl (C=O) groups excluding carboxylic acids is 1. The molecule has 4 aromatic rings. The van der Waals surface area contributed by atoms with Crippen LogP contribution in [0.4, 0.5) is 40.0 Å². The van der Waals surface area contributed by atoms with Gasteiger partial charge in [-0.05, 0) is 36.4 Å². The molecule has 0 radical (unpaired) electrons. The van der Waals surface area contributed by atoms with E-state index in [1.807, 2.05) is 0 Å². The summed E-state index contributed by atoms with van der Waals surface area (Å²) in [6.07, 6.45) is -3.44. The topological polar surface area (TPSA) is 103 Å². The van der Waals surface area contributed by atoms with Crippen molar-refractivity contribution in [2.75, 3.05) is 35.7 Å². The maximum atomic E-state index is 14.4. The SMILES string of the molecule is CN(CCO)c1cc(Nc2ccc(C(=O)Nc3nc(-c4cccc(C(F)(F)F)c4F)cs3)cc2)ncn1. The molecular weight excluding hydrogens is 512 g/mol. The van der Waals surface area contributed by atoms with Gasteiger partial charge in [-0.1, -0.05) is 6.07 Å². The van der Waals surface area contributed by atoms with E-state index < -0.39 is 23.5 Å². The number of benzene rings is 2. The third kappa shape index (κ3) is 6.19. The summed E-state index contributed by atoms with van der Waals surface area (Å²) in [7, 11) is 1.79. The molecule has 37 heavy (non-hydrogen) atoms. The Morgan fingerprint density at radius 3 is 2.59 bits per heavy atom. The molecule has 0 aliphatic carbocycles. The van der Waals surface area contributed by atoms with E-state index in [-0.39, 0.29) is 23.0 Å². The number of hydrogen-bond donors (Lipinski definition) is 3. The fraction of sp³-hybridized carbons (Fsp3) is 0.167. The van der Waals surface area contributed by atoms with Crippen molar-refractivity contribution in [3.05, 3.63) is 77.2 Å². The first-order valence-corrected chi connectivity index (χ1v) is 11.7. The molecule has 8 nitrogen and oxygen atoms in total. The minimum atomic E-state index is -4.83. The zero-order chi connectivity index (χ0) is 26.6. The summed E-state index contributed by atoms with van der Waals surface area (Å²) < 4.78 is 53.4. The summed E-state index contributed by atoms with van der Waals surface area (Å²) in [5.41, 5.74) is -0.747. The van der Waals surface area contributed by atoms with Gasteiger partial charge < -0.3 is 15.3 Å². The van der Waals surface area contributed by atoms with Crippen LogP contribution < -0.4 is 15.5 Å². The van der Waals surface area contributed by atoms with Crippen LogP contribution in [-0.4, -0.2) is 46.2 Å². The van der Waals surface area contributed by atoms with E-state index >= 15 is 0 Å². The number of nitrogens with zero attached hydrogens (tertiary/aromatic N) is 4. The summed E-state index contributed by atoms with van der Waals surface area (Å²) in [4.78, 5) is 26.8. The van der Waals surface area contributed by atoms with Gasteiger partial charge in [0.1, 0.15) is 23.8 Å². The average Bonchev–Trinajstić information content (AvgIpc) is 3.32. The maximum absolute atomic E-state index is 14.4. The molecule has 13 heteroatoms. The Hall–Kier alpha value is -4.10. The monoisotopic (exact) mass is 532 g/mol. The van der Waals surface area contributed by atoms with Crippen molar-refractivity contribution < 1.29 is 27.5 Å². The van der Waals surface area contributed by atoms with Crippen molar-refractivity contribution in [1.82, 2.24) is 15.0 Å². The van der Waals surface area contributed by atoms with E-state index in [1.54, 1.807) is 42.3 Å². The second-order valence-electron chi connectivity index (χ2n) is 7.77. The average molecular weight is 533 g/mol. The number of rotatable bonds is 8. The van der Waals surface area contributed by atoms with Crippen LogP contribution in [-0.2, 0) is 6.18 Å². The van der Waals surface area contributed by atoms with Crippen LogP contribution in [0.25, 0.3) is 11.3 Å². The van der Waals surface area contributed by atoms with Crippen molar-refractivity contribution in [2.45, 2.75) is 6.18 Å². The largest absolute Gasteiger partial charge is 0.419 e. The van der Waals surface area contributed by atoms with Gasteiger partial charge in [0, 0.05) is 41.9 Å². The van der Waals surface area contributed by atoms with Gasteiger partial charge in [-0.25, -0.2) is 19.3 Å². The number of hydrogen-bond acceptors (Lipinski definition) is 8. The van der Waals surface area contributed by atoms with Crippen LogP contribution in [0.1, 0.15) is 15.9 Å². The number of aromatic nitrogens is 3. The van der Waals surface area contributed by atoms with Crippen LogP contribution in [0, 0.1) is 5.82 Å². The first kappa shape index (κ1) is 26.0. The Morgan fingerprint density at radius 2 is 1.89 bits per heavy atom. The number of anilines is 4. The van der Waals surface area contributed by atoms with Crippen LogP contribution in [0.5, 0.6) is 0 Å². The lowest BCUT2D eigenvalue weighted by atomic mass is 10.1. The van der Waals surface area contributed by atoms with Gasteiger partial charge in [0.25, 0.3) is 5.91 Å². The van der Waals surface area contributed by atoms with Crippen molar-refractivity contribution in [2.24, 2.45) is 0 Å². The summed E-state index contributed by atoms with van der Waals surface area (Å²) in [5.74, 6) is -0.775. The molecule has 2 aromatic heterocycles. The lowest BCUT2D eigenvalue weighted by molar-refractivity contribution is -0.139. The molecule has 0 unspecified atom stereocenters. The Labute approximate surface area is 212 Å². The van der Waals surface area contributed by atoms with Crippen molar-refractivity contribution >= 4 is 39.7 Å². The van der Waals surface area contributed by atoms with E-state index in [1.165, 1.54) is 17.8 Å². The molecule has 4 rings (SSSR count). The van der Waals surface area contributed by atoms with E-state index in [0.717, 1.165) is 17.4 Å². The minimum Gasteiger partial charge on any atom is -0.395 e. The Morgan fingerprint density at radius 1 is 1.14 bits per heavy atom. The smallest absolute Gasteiger partial charge is 0.395 e. The van der Waals surface area contributed by atoms with Crippen LogP contribution in [0.2, 0.25) is 0 Å². The number of nitrogens with one attached hydrogen (secondary N) is 2. The molecule has 2 heterocycles. The highest BCUT2D eigenvalue weighted by Gasteiger charge is 2.35. The molecule has 192 valence electrons. The molecule has 0 atom stereocenters. The second-order valence-corrected chi connectivity index (χ2v) is 8.62. The first-order valence-electron chi connectivity index (χ1n) is 10.8. The third-order valence-electron chi connectivity index (χ3n) is 5.20. The molecule has 0 aliphatic heterocycles. The zero-order valence-corrected chi connectivity index (χ0v) is 20.1. The quantitative estimate of drug-likeness (QED) is 0.269. The number of alkyl halides is 3. The van der Waals surface area contributed by atoms with Gasteiger partial charge in [0.2, 0.25) is 0 Å². The third-order valence-corrected chi connectivity index (χ3v) is 5.96. The highest BCUT2D eigenvalue weighted by Crippen LogP contribution is 2.36. The minimum absolute atomic E-state index is 0.0164. The van der Waals surface area contributed by atoms with Gasteiger partial charge in [0.15, 0.2) is 5.13 Å². The summed E-state index contributed by atoms with van der Waals surface area (Å²) in [5, 5.41) is 16.2. The molecular formula is C24H20F4N6O2S. The molecule has 0 saturated carbocycles. The number of aliphatic hydroxyl groups excluding tert-OH is 1. The van der Waals surface area contributed by atoms with Crippen molar-refractivity contribution in [1.29, 1.82) is 0 Å². The molecule has 0 saturated heterocycles. The van der Waals surface area contributed by atoms with Gasteiger partial charge in [0.05, 0.1) is 17.9 Å². The normalized spacial score (nSPS) is 11.3.